The second-order valence-corrected chi connectivity index (χ2v) is 20.3. The first kappa shape index (κ1) is 55.2. The Bertz CT molecular complexity index is 2450. The maximum atomic E-state index is 11.1. The number of para-hydroxylation sites is 1. The SMILES string of the molecule is C=CC(=O)OCCCCCCOc1ccc(OCC2CCC(COc3ccc(OCC4CCC(COc5ccc(OCCCCCCOC(=O)C=C)cc5)CC4)c(/C=N/Nc4nc5ccccc5s4)c3)CC2)cc1. The summed E-state index contributed by atoms with van der Waals surface area (Å²) in [6.45, 7) is 11.7. The Hall–Kier alpha value is -6.54. The molecule has 74 heavy (non-hydrogen) atoms. The fourth-order valence-electron chi connectivity index (χ4n) is 9.13. The number of hydrogen-bond acceptors (Lipinski definition) is 14. The Morgan fingerprint density at radius 1 is 0.527 bits per heavy atom. The lowest BCUT2D eigenvalue weighted by Crippen LogP contribution is -2.24. The highest BCUT2D eigenvalue weighted by Gasteiger charge is 2.24. The van der Waals surface area contributed by atoms with Gasteiger partial charge in [-0.3, -0.25) is 5.43 Å². The maximum Gasteiger partial charge on any atom is 0.330 e. The molecule has 1 N–H and O–H groups in total. The van der Waals surface area contributed by atoms with Gasteiger partial charge in [-0.1, -0.05) is 36.6 Å². The summed E-state index contributed by atoms with van der Waals surface area (Å²) in [6.07, 6.45) is 20.6. The lowest BCUT2D eigenvalue weighted by Gasteiger charge is -2.29. The predicted octanol–water partition coefficient (Wildman–Crippen LogP) is 13.6. The largest absolute Gasteiger partial charge is 0.494 e. The Balaban J connectivity index is 0.798. The lowest BCUT2D eigenvalue weighted by atomic mass is 9.83. The molecule has 396 valence electrons. The fraction of sp³-hybridized carbons (Fsp3) is 0.467. The molecule has 0 bridgehead atoms. The molecule has 13 nitrogen and oxygen atoms in total. The number of ether oxygens (including phenoxy) is 8. The van der Waals surface area contributed by atoms with Crippen LogP contribution < -0.4 is 33.8 Å². The van der Waals surface area contributed by atoms with Crippen LogP contribution in [0.25, 0.3) is 10.2 Å². The van der Waals surface area contributed by atoms with Crippen molar-refractivity contribution in [2.45, 2.75) is 103 Å². The molecule has 14 heteroatoms. The third-order valence-electron chi connectivity index (χ3n) is 13.6. The molecule has 4 aromatic carbocycles. The molecule has 5 aromatic rings. The molecule has 0 aliphatic heterocycles. The van der Waals surface area contributed by atoms with Gasteiger partial charge >= 0.3 is 11.9 Å². The van der Waals surface area contributed by atoms with Gasteiger partial charge in [-0.25, -0.2) is 14.6 Å². The van der Waals surface area contributed by atoms with E-state index in [2.05, 4.69) is 34.7 Å². The highest BCUT2D eigenvalue weighted by Crippen LogP contribution is 2.34. The standard InChI is InChI=1S/C60H75N3O10S/c1-3-58(64)68-37-13-7-5-11-35-66-50-25-29-52(30-26-50)70-41-45-17-19-47(20-18-45)43-72-54-33-34-56(49(39-54)40-61-63-60-62-55-15-9-10-16-57(55)74-60)73-44-48-23-21-46(22-24-48)42-71-53-31-27-51(28-32-53)67-36-12-6-8-14-38-69-59(65)4-2/h3-4,9-10,15-16,25-34,39-40,45-48H,1-2,5-8,11-14,17-24,35-38,41-44H2,(H,62,63)/b61-40+. The van der Waals surface area contributed by atoms with Gasteiger partial charge in [0, 0.05) is 17.7 Å². The summed E-state index contributed by atoms with van der Waals surface area (Å²) in [5.74, 6) is 6.21. The predicted molar refractivity (Wildman–Crippen MR) is 293 cm³/mol. The van der Waals surface area contributed by atoms with E-state index in [1.165, 1.54) is 12.2 Å². The van der Waals surface area contributed by atoms with E-state index in [1.807, 2.05) is 91.1 Å². The van der Waals surface area contributed by atoms with Crippen molar-refractivity contribution in [1.82, 2.24) is 4.98 Å². The molecule has 0 saturated heterocycles. The summed E-state index contributed by atoms with van der Waals surface area (Å²) >= 11 is 1.57. The van der Waals surface area contributed by atoms with Crippen LogP contribution in [-0.2, 0) is 19.1 Å². The van der Waals surface area contributed by atoms with E-state index in [0.29, 0.717) is 76.5 Å². The molecule has 0 atom stereocenters. The van der Waals surface area contributed by atoms with E-state index in [1.54, 1.807) is 11.3 Å². The Morgan fingerprint density at radius 2 is 0.946 bits per heavy atom. The van der Waals surface area contributed by atoms with Gasteiger partial charge in [0.2, 0.25) is 5.13 Å². The van der Waals surface area contributed by atoms with Gasteiger partial charge < -0.3 is 37.9 Å². The average Bonchev–Trinajstić information content (AvgIpc) is 3.86. The van der Waals surface area contributed by atoms with Gasteiger partial charge in [0.15, 0.2) is 0 Å². The van der Waals surface area contributed by atoms with Crippen LogP contribution in [0, 0.1) is 23.7 Å². The second-order valence-electron chi connectivity index (χ2n) is 19.3. The van der Waals surface area contributed by atoms with Crippen molar-refractivity contribution >= 4 is 44.8 Å². The number of unbranched alkanes of at least 4 members (excludes halogenated alkanes) is 6. The van der Waals surface area contributed by atoms with E-state index in [4.69, 9.17) is 37.9 Å². The number of nitrogens with one attached hydrogen (secondary N) is 1. The van der Waals surface area contributed by atoms with Gasteiger partial charge in [0.25, 0.3) is 0 Å². The average molecular weight is 1030 g/mol. The minimum absolute atomic E-state index is 0.368. The van der Waals surface area contributed by atoms with E-state index in [0.717, 1.165) is 158 Å². The lowest BCUT2D eigenvalue weighted by molar-refractivity contribution is -0.138. The first-order chi connectivity index (χ1) is 36.4. The number of hydrazone groups is 1. The molecule has 0 radical (unpaired) electrons. The number of fused-ring (bicyclic) bond motifs is 1. The number of rotatable bonds is 33. The van der Waals surface area contributed by atoms with Gasteiger partial charge in [0.05, 0.1) is 69.3 Å². The summed E-state index contributed by atoms with van der Waals surface area (Å²) < 4.78 is 48.4. The third kappa shape index (κ3) is 19.7. The topological polar surface area (TPSA) is 145 Å². The van der Waals surface area contributed by atoms with Crippen molar-refractivity contribution in [3.63, 3.8) is 0 Å². The van der Waals surface area contributed by atoms with Crippen molar-refractivity contribution in [3.05, 3.63) is 122 Å². The smallest absolute Gasteiger partial charge is 0.330 e. The number of carbonyl (C=O) groups is 2. The summed E-state index contributed by atoms with van der Waals surface area (Å²) in [4.78, 5) is 26.9. The van der Waals surface area contributed by atoms with Crippen LogP contribution in [0.1, 0.15) is 108 Å². The molecule has 2 fully saturated rings. The van der Waals surface area contributed by atoms with Crippen LogP contribution in [0.5, 0.6) is 34.5 Å². The summed E-state index contributed by atoms with van der Waals surface area (Å²) in [5, 5.41) is 5.34. The number of aromatic nitrogens is 1. The minimum atomic E-state index is -0.368. The molecule has 0 spiro atoms. The van der Waals surface area contributed by atoms with Crippen LogP contribution >= 0.6 is 11.3 Å². The van der Waals surface area contributed by atoms with Gasteiger partial charge in [0.1, 0.15) is 34.5 Å². The normalized spacial score (nSPS) is 17.5. The monoisotopic (exact) mass is 1030 g/mol. The molecule has 0 unspecified atom stereocenters. The zero-order valence-corrected chi connectivity index (χ0v) is 43.8. The first-order valence-electron chi connectivity index (χ1n) is 26.7. The van der Waals surface area contributed by atoms with Crippen LogP contribution in [0.3, 0.4) is 0 Å². The second kappa shape index (κ2) is 31.3. The quantitative estimate of drug-likeness (QED) is 0.0140. The van der Waals surface area contributed by atoms with Crippen molar-refractivity contribution in [2.75, 3.05) is 58.3 Å². The van der Waals surface area contributed by atoms with E-state index in [9.17, 15) is 9.59 Å². The van der Waals surface area contributed by atoms with E-state index < -0.39 is 0 Å². The number of benzene rings is 4. The molecular formula is C60H75N3O10S. The van der Waals surface area contributed by atoms with Crippen LogP contribution in [0.4, 0.5) is 5.13 Å². The van der Waals surface area contributed by atoms with Crippen molar-refractivity contribution in [1.29, 1.82) is 0 Å². The summed E-state index contributed by atoms with van der Waals surface area (Å²) in [7, 11) is 0. The number of anilines is 1. The number of thiazole rings is 1. The maximum absolute atomic E-state index is 11.1. The summed E-state index contributed by atoms with van der Waals surface area (Å²) in [6, 6.07) is 30.0. The summed E-state index contributed by atoms with van der Waals surface area (Å²) in [5.41, 5.74) is 4.94. The van der Waals surface area contributed by atoms with Crippen LogP contribution in [0.15, 0.2) is 121 Å². The molecule has 1 heterocycles. The molecule has 2 saturated carbocycles. The van der Waals surface area contributed by atoms with Crippen molar-refractivity contribution in [2.24, 2.45) is 28.8 Å². The van der Waals surface area contributed by atoms with Gasteiger partial charge in [-0.05, 0) is 205 Å². The first-order valence-corrected chi connectivity index (χ1v) is 27.5. The third-order valence-corrected chi connectivity index (χ3v) is 14.5. The zero-order valence-electron chi connectivity index (χ0n) is 43.0. The number of nitrogens with zero attached hydrogens (tertiary/aromatic N) is 2. The fourth-order valence-corrected chi connectivity index (χ4v) is 9.94. The molecule has 7 rings (SSSR count). The van der Waals surface area contributed by atoms with Crippen LogP contribution in [0.2, 0.25) is 0 Å². The number of hydrogen-bond donors (Lipinski definition) is 1. The molecule has 2 aliphatic carbocycles. The van der Waals surface area contributed by atoms with Crippen molar-refractivity contribution < 1.29 is 47.5 Å². The van der Waals surface area contributed by atoms with Gasteiger partial charge in [-0.2, -0.15) is 5.10 Å². The Kier molecular flexibility index (Phi) is 23.3. The Morgan fingerprint density at radius 3 is 1.42 bits per heavy atom. The van der Waals surface area contributed by atoms with Crippen molar-refractivity contribution in [3.8, 4) is 34.5 Å². The number of esters is 2. The number of carbonyl (C=O) groups excluding carboxylic acids is 2. The van der Waals surface area contributed by atoms with E-state index in [-0.39, 0.29) is 11.9 Å². The highest BCUT2D eigenvalue weighted by molar-refractivity contribution is 7.22. The zero-order chi connectivity index (χ0) is 51.4. The molecule has 0 amide bonds. The van der Waals surface area contributed by atoms with Gasteiger partial charge in [-0.15, -0.1) is 0 Å². The molecular weight excluding hydrogens is 955 g/mol. The van der Waals surface area contributed by atoms with E-state index >= 15 is 0 Å². The van der Waals surface area contributed by atoms with Crippen LogP contribution in [-0.4, -0.2) is 76.0 Å². The highest BCUT2D eigenvalue weighted by atomic mass is 32.1. The molecule has 1 aromatic heterocycles. The Labute approximate surface area is 441 Å². The molecule has 2 aliphatic rings. The minimum Gasteiger partial charge on any atom is -0.494 e.